The first kappa shape index (κ1) is 14.3. The highest BCUT2D eigenvalue weighted by Gasteiger charge is 2.10. The highest BCUT2D eigenvalue weighted by Crippen LogP contribution is 2.23. The Morgan fingerprint density at radius 2 is 1.70 bits per heavy atom. The van der Waals surface area contributed by atoms with Gasteiger partial charge < -0.3 is 10.6 Å². The third-order valence-electron chi connectivity index (χ3n) is 3.05. The Bertz CT molecular complexity index is 552. The van der Waals surface area contributed by atoms with Crippen molar-refractivity contribution in [1.29, 1.82) is 0 Å². The lowest BCUT2D eigenvalue weighted by Gasteiger charge is -2.14. The molecule has 1 aromatic heterocycles. The summed E-state index contributed by atoms with van der Waals surface area (Å²) in [6.07, 6.45) is 1.93. The van der Waals surface area contributed by atoms with Gasteiger partial charge >= 0.3 is 0 Å². The molecule has 0 spiro atoms. The molecule has 4 heteroatoms. The lowest BCUT2D eigenvalue weighted by molar-refractivity contribution is 0.833. The van der Waals surface area contributed by atoms with Gasteiger partial charge in [-0.3, -0.25) is 0 Å². The van der Waals surface area contributed by atoms with Crippen molar-refractivity contribution in [2.24, 2.45) is 0 Å². The highest BCUT2D eigenvalue weighted by atomic mass is 15.1. The maximum Gasteiger partial charge on any atom is 0.139 e. The predicted octanol–water partition coefficient (Wildman–Crippen LogP) is 3.91. The molecule has 0 amide bonds. The molecule has 0 saturated heterocycles. The summed E-state index contributed by atoms with van der Waals surface area (Å²) in [6, 6.07) is 10.1. The fourth-order valence-corrected chi connectivity index (χ4v) is 2.02. The van der Waals surface area contributed by atoms with Crippen LogP contribution in [0.3, 0.4) is 0 Å². The van der Waals surface area contributed by atoms with Crippen LogP contribution < -0.4 is 10.6 Å². The van der Waals surface area contributed by atoms with Crippen molar-refractivity contribution >= 4 is 17.3 Å². The Labute approximate surface area is 120 Å². The van der Waals surface area contributed by atoms with Crippen LogP contribution in [0.15, 0.2) is 30.3 Å². The number of nitrogens with zero attached hydrogens (tertiary/aromatic N) is 2. The Kier molecular flexibility index (Phi) is 4.93. The quantitative estimate of drug-likeness (QED) is 0.835. The molecule has 0 atom stereocenters. The molecule has 2 N–H and O–H groups in total. The summed E-state index contributed by atoms with van der Waals surface area (Å²) in [5.41, 5.74) is 2.09. The normalized spacial score (nSPS) is 10.3. The molecule has 106 valence electrons. The van der Waals surface area contributed by atoms with Crippen LogP contribution in [0.25, 0.3) is 0 Å². The summed E-state index contributed by atoms with van der Waals surface area (Å²) in [7, 11) is 0. The monoisotopic (exact) mass is 270 g/mol. The maximum absolute atomic E-state index is 4.64. The number of benzene rings is 1. The van der Waals surface area contributed by atoms with Crippen LogP contribution in [0, 0.1) is 6.92 Å². The van der Waals surface area contributed by atoms with Crippen LogP contribution in [0.5, 0.6) is 0 Å². The number of anilines is 3. The summed E-state index contributed by atoms with van der Waals surface area (Å²) in [4.78, 5) is 9.23. The van der Waals surface area contributed by atoms with Crippen LogP contribution in [-0.4, -0.2) is 16.5 Å². The summed E-state index contributed by atoms with van der Waals surface area (Å²) in [5.74, 6) is 2.68. The smallest absolute Gasteiger partial charge is 0.139 e. The predicted molar refractivity (Wildman–Crippen MR) is 84.7 cm³/mol. The number of para-hydroxylation sites is 1. The first-order chi connectivity index (χ1) is 9.74. The van der Waals surface area contributed by atoms with E-state index in [1.807, 2.05) is 37.3 Å². The molecule has 0 aliphatic carbocycles. The molecule has 0 saturated carbocycles. The standard InChI is InChI=1S/C16H22N4/c1-4-9-14-19-15(17-5-2)12(3)16(20-14)18-13-10-7-6-8-11-13/h6-8,10-11H,4-5,9H2,1-3H3,(H2,17,18,19,20). The van der Waals surface area contributed by atoms with E-state index < -0.39 is 0 Å². The second kappa shape index (κ2) is 6.89. The average Bonchev–Trinajstić information content (AvgIpc) is 2.45. The SMILES string of the molecule is CCCc1nc(NCC)c(C)c(Nc2ccccc2)n1. The molecule has 0 aliphatic rings. The zero-order chi connectivity index (χ0) is 14.4. The van der Waals surface area contributed by atoms with Gasteiger partial charge in [0.15, 0.2) is 0 Å². The van der Waals surface area contributed by atoms with Gasteiger partial charge in [-0.05, 0) is 32.4 Å². The number of nitrogens with one attached hydrogen (secondary N) is 2. The van der Waals surface area contributed by atoms with Crippen LogP contribution in [0.4, 0.5) is 17.3 Å². The van der Waals surface area contributed by atoms with Gasteiger partial charge in [-0.25, -0.2) is 9.97 Å². The first-order valence-corrected chi connectivity index (χ1v) is 7.18. The molecule has 0 fully saturated rings. The van der Waals surface area contributed by atoms with Crippen LogP contribution >= 0.6 is 0 Å². The lowest BCUT2D eigenvalue weighted by atomic mass is 10.2. The molecular weight excluding hydrogens is 248 g/mol. The molecule has 0 aliphatic heterocycles. The zero-order valence-electron chi connectivity index (χ0n) is 12.4. The van der Waals surface area contributed by atoms with Crippen LogP contribution in [0.2, 0.25) is 0 Å². The highest BCUT2D eigenvalue weighted by molar-refractivity contribution is 5.64. The van der Waals surface area contributed by atoms with E-state index >= 15 is 0 Å². The van der Waals surface area contributed by atoms with Gasteiger partial charge in [0.1, 0.15) is 17.5 Å². The zero-order valence-corrected chi connectivity index (χ0v) is 12.4. The second-order valence-corrected chi connectivity index (χ2v) is 4.73. The molecule has 2 rings (SSSR count). The Morgan fingerprint density at radius 3 is 2.35 bits per heavy atom. The number of hydrogen-bond acceptors (Lipinski definition) is 4. The van der Waals surface area contributed by atoms with Gasteiger partial charge in [0.05, 0.1) is 0 Å². The van der Waals surface area contributed by atoms with E-state index in [-0.39, 0.29) is 0 Å². The van der Waals surface area contributed by atoms with Crippen molar-refractivity contribution < 1.29 is 0 Å². The van der Waals surface area contributed by atoms with Crippen molar-refractivity contribution in [1.82, 2.24) is 9.97 Å². The van der Waals surface area contributed by atoms with E-state index in [0.29, 0.717) is 0 Å². The summed E-state index contributed by atoms with van der Waals surface area (Å²) in [6.45, 7) is 7.11. The van der Waals surface area contributed by atoms with E-state index in [0.717, 1.165) is 48.1 Å². The van der Waals surface area contributed by atoms with E-state index in [1.54, 1.807) is 0 Å². The van der Waals surface area contributed by atoms with Crippen LogP contribution in [-0.2, 0) is 6.42 Å². The Balaban J connectivity index is 2.34. The Hall–Kier alpha value is -2.10. The minimum atomic E-state index is 0.855. The first-order valence-electron chi connectivity index (χ1n) is 7.18. The largest absolute Gasteiger partial charge is 0.370 e. The van der Waals surface area contributed by atoms with E-state index in [1.165, 1.54) is 0 Å². The van der Waals surface area contributed by atoms with Crippen molar-refractivity contribution in [2.45, 2.75) is 33.6 Å². The summed E-state index contributed by atoms with van der Waals surface area (Å²) >= 11 is 0. The second-order valence-electron chi connectivity index (χ2n) is 4.73. The molecule has 0 unspecified atom stereocenters. The van der Waals surface area contributed by atoms with E-state index in [9.17, 15) is 0 Å². The van der Waals surface area contributed by atoms with E-state index in [4.69, 9.17) is 0 Å². The summed E-state index contributed by atoms with van der Waals surface area (Å²) in [5, 5.41) is 6.69. The molecule has 1 heterocycles. The third-order valence-corrected chi connectivity index (χ3v) is 3.05. The maximum atomic E-state index is 4.64. The minimum absolute atomic E-state index is 0.855. The van der Waals surface area contributed by atoms with Crippen molar-refractivity contribution in [3.05, 3.63) is 41.7 Å². The number of rotatable bonds is 6. The van der Waals surface area contributed by atoms with Gasteiger partial charge in [0, 0.05) is 24.2 Å². The van der Waals surface area contributed by atoms with Gasteiger partial charge in [-0.15, -0.1) is 0 Å². The molecule has 2 aromatic rings. The molecule has 20 heavy (non-hydrogen) atoms. The topological polar surface area (TPSA) is 49.8 Å². The third kappa shape index (κ3) is 3.47. The van der Waals surface area contributed by atoms with Gasteiger partial charge in [0.25, 0.3) is 0 Å². The van der Waals surface area contributed by atoms with Gasteiger partial charge in [-0.1, -0.05) is 25.1 Å². The lowest BCUT2D eigenvalue weighted by Crippen LogP contribution is -2.09. The van der Waals surface area contributed by atoms with Crippen molar-refractivity contribution in [2.75, 3.05) is 17.2 Å². The molecule has 1 aromatic carbocycles. The van der Waals surface area contributed by atoms with Gasteiger partial charge in [-0.2, -0.15) is 0 Å². The van der Waals surface area contributed by atoms with Gasteiger partial charge in [0.2, 0.25) is 0 Å². The molecule has 4 nitrogen and oxygen atoms in total. The Morgan fingerprint density at radius 1 is 1.00 bits per heavy atom. The number of hydrogen-bond donors (Lipinski definition) is 2. The molecular formula is C16H22N4. The fourth-order valence-electron chi connectivity index (χ4n) is 2.02. The number of aromatic nitrogens is 2. The van der Waals surface area contributed by atoms with Crippen molar-refractivity contribution in [3.63, 3.8) is 0 Å². The minimum Gasteiger partial charge on any atom is -0.370 e. The molecule has 0 radical (unpaired) electrons. The van der Waals surface area contributed by atoms with Crippen molar-refractivity contribution in [3.8, 4) is 0 Å². The van der Waals surface area contributed by atoms with Crippen LogP contribution in [0.1, 0.15) is 31.7 Å². The average molecular weight is 270 g/mol. The number of aryl methyl sites for hydroxylation is 1. The summed E-state index contributed by atoms with van der Waals surface area (Å²) < 4.78 is 0. The fraction of sp³-hybridized carbons (Fsp3) is 0.375. The van der Waals surface area contributed by atoms with E-state index in [2.05, 4.69) is 34.4 Å². The molecule has 0 bridgehead atoms.